The van der Waals surface area contributed by atoms with Crippen molar-refractivity contribution >= 4 is 5.65 Å². The first-order chi connectivity index (χ1) is 18.1. The number of pyridine rings is 1. The molecule has 0 bridgehead atoms. The van der Waals surface area contributed by atoms with Gasteiger partial charge in [0.15, 0.2) is 6.19 Å². The molecule has 1 aromatic carbocycles. The minimum atomic E-state index is -0.227. The van der Waals surface area contributed by atoms with Crippen LogP contribution in [0.3, 0.4) is 0 Å². The highest BCUT2D eigenvalue weighted by molar-refractivity contribution is 5.68. The molecule has 186 valence electrons. The maximum Gasteiger partial charge on any atom is 0.201 e. The SMILES string of the molecule is Cc1c(-c2cc(OC(C)c3ccccc3)n3c(C#N)cnc3c2)nnn1C1CCN(C#N)C(C2CC2)C1. The van der Waals surface area contributed by atoms with Crippen molar-refractivity contribution in [3.05, 3.63) is 65.6 Å². The smallest absolute Gasteiger partial charge is 0.201 e. The van der Waals surface area contributed by atoms with E-state index in [2.05, 4.69) is 27.6 Å². The van der Waals surface area contributed by atoms with Crippen LogP contribution in [0.1, 0.15) is 61.7 Å². The average molecular weight is 493 g/mol. The fourth-order valence-corrected chi connectivity index (χ4v) is 5.56. The number of fused-ring (bicyclic) bond motifs is 1. The molecule has 6 rings (SSSR count). The van der Waals surface area contributed by atoms with E-state index < -0.39 is 0 Å². The largest absolute Gasteiger partial charge is 0.471 e. The van der Waals surface area contributed by atoms with E-state index in [9.17, 15) is 10.5 Å². The van der Waals surface area contributed by atoms with Crippen molar-refractivity contribution in [2.45, 2.75) is 57.7 Å². The molecule has 2 fully saturated rings. The summed E-state index contributed by atoms with van der Waals surface area (Å²) in [5.41, 5.74) is 4.66. The van der Waals surface area contributed by atoms with Crippen LogP contribution in [0.5, 0.6) is 5.88 Å². The molecule has 1 aliphatic heterocycles. The van der Waals surface area contributed by atoms with Gasteiger partial charge in [-0.1, -0.05) is 35.5 Å². The summed E-state index contributed by atoms with van der Waals surface area (Å²) < 4.78 is 10.2. The normalized spacial score (nSPS) is 20.4. The number of rotatable bonds is 6. The van der Waals surface area contributed by atoms with Gasteiger partial charge in [-0.2, -0.15) is 10.5 Å². The predicted molar refractivity (Wildman–Crippen MR) is 136 cm³/mol. The summed E-state index contributed by atoms with van der Waals surface area (Å²) >= 11 is 0. The second-order valence-electron chi connectivity index (χ2n) is 10.0. The number of ether oxygens (including phenoxy) is 1. The van der Waals surface area contributed by atoms with Gasteiger partial charge in [0, 0.05) is 24.2 Å². The van der Waals surface area contributed by atoms with Gasteiger partial charge in [0.1, 0.15) is 29.2 Å². The molecule has 1 aliphatic carbocycles. The molecule has 3 atom stereocenters. The van der Waals surface area contributed by atoms with Gasteiger partial charge < -0.3 is 9.64 Å². The lowest BCUT2D eigenvalue weighted by Crippen LogP contribution is -2.41. The van der Waals surface area contributed by atoms with Crippen molar-refractivity contribution in [1.82, 2.24) is 29.3 Å². The fraction of sp³-hybridized carbons (Fsp3) is 0.393. The lowest BCUT2D eigenvalue weighted by atomic mass is 9.94. The summed E-state index contributed by atoms with van der Waals surface area (Å²) in [5, 5.41) is 28.4. The zero-order valence-corrected chi connectivity index (χ0v) is 20.9. The van der Waals surface area contributed by atoms with Crippen LogP contribution in [0.15, 0.2) is 48.7 Å². The number of likely N-dealkylation sites (tertiary alicyclic amines) is 1. The molecule has 0 spiro atoms. The quantitative estimate of drug-likeness (QED) is 0.355. The maximum absolute atomic E-state index is 9.66. The van der Waals surface area contributed by atoms with E-state index in [-0.39, 0.29) is 12.1 Å². The van der Waals surface area contributed by atoms with Crippen LogP contribution >= 0.6 is 0 Å². The summed E-state index contributed by atoms with van der Waals surface area (Å²) in [5.74, 6) is 1.15. The Labute approximate surface area is 215 Å². The molecule has 3 aromatic heterocycles. The van der Waals surface area contributed by atoms with Crippen LogP contribution in [0, 0.1) is 35.6 Å². The first-order valence-electron chi connectivity index (χ1n) is 12.8. The van der Waals surface area contributed by atoms with Gasteiger partial charge in [0.2, 0.25) is 5.88 Å². The van der Waals surface area contributed by atoms with Gasteiger partial charge in [0.25, 0.3) is 0 Å². The van der Waals surface area contributed by atoms with Crippen LogP contribution in [0.4, 0.5) is 0 Å². The van der Waals surface area contributed by atoms with Gasteiger partial charge in [0.05, 0.1) is 17.9 Å². The van der Waals surface area contributed by atoms with Crippen LogP contribution in [0.25, 0.3) is 16.9 Å². The Morgan fingerprint density at radius 1 is 1.11 bits per heavy atom. The van der Waals surface area contributed by atoms with Crippen LogP contribution in [0.2, 0.25) is 0 Å². The van der Waals surface area contributed by atoms with Crippen molar-refractivity contribution in [2.24, 2.45) is 5.92 Å². The molecule has 1 saturated heterocycles. The predicted octanol–water partition coefficient (Wildman–Crippen LogP) is 4.81. The summed E-state index contributed by atoms with van der Waals surface area (Å²) in [7, 11) is 0. The molecule has 0 N–H and O–H groups in total. The highest BCUT2D eigenvalue weighted by Gasteiger charge is 2.40. The fourth-order valence-electron chi connectivity index (χ4n) is 5.56. The van der Waals surface area contributed by atoms with Crippen molar-refractivity contribution in [1.29, 1.82) is 10.5 Å². The van der Waals surface area contributed by atoms with Crippen molar-refractivity contribution < 1.29 is 4.74 Å². The summed E-state index contributed by atoms with van der Waals surface area (Å²) in [6.07, 6.45) is 7.92. The summed E-state index contributed by atoms with van der Waals surface area (Å²) in [4.78, 5) is 6.42. The molecular formula is C28H28N8O. The molecule has 9 heteroatoms. The Bertz CT molecular complexity index is 1520. The van der Waals surface area contributed by atoms with Crippen molar-refractivity contribution in [2.75, 3.05) is 6.54 Å². The monoisotopic (exact) mass is 492 g/mol. The molecule has 4 aromatic rings. The van der Waals surface area contributed by atoms with Crippen LogP contribution in [-0.4, -0.2) is 41.9 Å². The number of benzene rings is 1. The number of piperidine rings is 1. The molecule has 37 heavy (non-hydrogen) atoms. The summed E-state index contributed by atoms with van der Waals surface area (Å²) in [6, 6.07) is 16.5. The lowest BCUT2D eigenvalue weighted by Gasteiger charge is -2.36. The molecule has 0 amide bonds. The summed E-state index contributed by atoms with van der Waals surface area (Å²) in [6.45, 7) is 4.78. The lowest BCUT2D eigenvalue weighted by molar-refractivity contribution is 0.149. The van der Waals surface area contributed by atoms with Gasteiger partial charge in [-0.05, 0) is 57.1 Å². The molecular weight excluding hydrogens is 464 g/mol. The van der Waals surface area contributed by atoms with Crippen molar-refractivity contribution in [3.63, 3.8) is 0 Å². The third-order valence-corrected chi connectivity index (χ3v) is 7.71. The van der Waals surface area contributed by atoms with E-state index in [0.717, 1.165) is 41.9 Å². The Kier molecular flexibility index (Phi) is 5.77. The van der Waals surface area contributed by atoms with E-state index in [1.165, 1.54) is 12.8 Å². The molecule has 9 nitrogen and oxygen atoms in total. The van der Waals surface area contributed by atoms with Gasteiger partial charge in [-0.25, -0.2) is 9.67 Å². The maximum atomic E-state index is 9.66. The second kappa shape index (κ2) is 9.25. The van der Waals surface area contributed by atoms with E-state index in [1.807, 2.05) is 65.9 Å². The molecule has 1 saturated carbocycles. The molecule has 2 aliphatic rings. The molecule has 3 unspecified atom stereocenters. The number of hydrogen-bond acceptors (Lipinski definition) is 7. The highest BCUT2D eigenvalue weighted by atomic mass is 16.5. The Morgan fingerprint density at radius 2 is 1.92 bits per heavy atom. The zero-order chi connectivity index (χ0) is 25.5. The Morgan fingerprint density at radius 3 is 2.65 bits per heavy atom. The molecule has 4 heterocycles. The number of hydrogen-bond donors (Lipinski definition) is 0. The van der Waals surface area contributed by atoms with Crippen LogP contribution < -0.4 is 4.74 Å². The number of nitriles is 2. The van der Waals surface area contributed by atoms with E-state index >= 15 is 0 Å². The number of imidazole rings is 1. The standard InChI is InChI=1S/C28H28N8O/c1-18-28(32-33-36(18)23-10-11-34(17-30)25(14-23)21-8-9-21)22-12-26-31-16-24(15-29)35(26)27(13-22)37-19(2)20-6-4-3-5-7-20/h3-7,12-13,16,19,21,23,25H,8-11,14H2,1-2H3. The number of aromatic nitrogens is 5. The van der Waals surface area contributed by atoms with E-state index in [4.69, 9.17) is 4.74 Å². The van der Waals surface area contributed by atoms with E-state index in [0.29, 0.717) is 29.2 Å². The number of nitrogens with zero attached hydrogens (tertiary/aromatic N) is 8. The highest BCUT2D eigenvalue weighted by Crippen LogP contribution is 2.42. The van der Waals surface area contributed by atoms with E-state index in [1.54, 1.807) is 10.6 Å². The minimum absolute atomic E-state index is 0.214. The van der Waals surface area contributed by atoms with Gasteiger partial charge >= 0.3 is 0 Å². The average Bonchev–Trinajstić information content (AvgIpc) is 3.58. The van der Waals surface area contributed by atoms with Crippen LogP contribution in [-0.2, 0) is 0 Å². The third kappa shape index (κ3) is 4.17. The topological polar surface area (TPSA) is 108 Å². The van der Waals surface area contributed by atoms with Crippen molar-refractivity contribution in [3.8, 4) is 29.4 Å². The second-order valence-corrected chi connectivity index (χ2v) is 10.0. The van der Waals surface area contributed by atoms with Gasteiger partial charge in [-0.15, -0.1) is 5.10 Å². The Hall–Kier alpha value is -4.37. The van der Waals surface area contributed by atoms with Gasteiger partial charge in [-0.3, -0.25) is 4.40 Å². The first kappa shape index (κ1) is 23.1. The first-order valence-corrected chi connectivity index (χ1v) is 12.8. The third-order valence-electron chi connectivity index (χ3n) is 7.71. The minimum Gasteiger partial charge on any atom is -0.471 e. The Balaban J connectivity index is 1.35. The molecule has 0 radical (unpaired) electrons. The zero-order valence-electron chi connectivity index (χ0n) is 20.9.